The van der Waals surface area contributed by atoms with E-state index in [0.29, 0.717) is 0 Å². The van der Waals surface area contributed by atoms with Crippen molar-refractivity contribution in [3.8, 4) is 0 Å². The summed E-state index contributed by atoms with van der Waals surface area (Å²) in [7, 11) is 0.962. The smallest absolute Gasteiger partial charge is 0.00265 e. The summed E-state index contributed by atoms with van der Waals surface area (Å²) in [6.45, 7) is 2.29. The molecule has 0 saturated carbocycles. The van der Waals surface area contributed by atoms with Crippen molar-refractivity contribution in [3.63, 3.8) is 0 Å². The summed E-state index contributed by atoms with van der Waals surface area (Å²) in [4.78, 5) is 0. The van der Waals surface area contributed by atoms with Crippen LogP contribution in [0.3, 0.4) is 0 Å². The first-order valence-electron chi connectivity index (χ1n) is 3.89. The van der Waals surface area contributed by atoms with Crippen molar-refractivity contribution < 1.29 is 0 Å². The van der Waals surface area contributed by atoms with Gasteiger partial charge in [-0.25, -0.2) is 0 Å². The second-order valence-electron chi connectivity index (χ2n) is 2.85. The summed E-state index contributed by atoms with van der Waals surface area (Å²) in [5.74, 6) is 2.28. The van der Waals surface area contributed by atoms with Gasteiger partial charge in [-0.15, -0.1) is 0 Å². The van der Waals surface area contributed by atoms with Gasteiger partial charge in [0.2, 0.25) is 0 Å². The Morgan fingerprint density at radius 3 is 2.91 bits per heavy atom. The normalized spacial score (nSPS) is 23.5. The minimum Gasteiger partial charge on any atom is -0.0909 e. The van der Waals surface area contributed by atoms with Crippen molar-refractivity contribution >= 4 is 14.7 Å². The second-order valence-corrected chi connectivity index (χ2v) is 4.38. The molecular formula is C10H11P. The van der Waals surface area contributed by atoms with Crippen molar-refractivity contribution in [1.82, 2.24) is 0 Å². The standard InChI is InChI=1S/C10H11P/c1-8-10-5-3-2-4-9(10)6-7-11-8/h2-8,11H,1H3. The van der Waals surface area contributed by atoms with Crippen LogP contribution in [0.2, 0.25) is 0 Å². The molecule has 0 radical (unpaired) electrons. The van der Waals surface area contributed by atoms with Crippen molar-refractivity contribution in [3.05, 3.63) is 41.2 Å². The van der Waals surface area contributed by atoms with Crippen molar-refractivity contribution in [2.75, 3.05) is 0 Å². The van der Waals surface area contributed by atoms with Gasteiger partial charge in [-0.1, -0.05) is 51.7 Å². The van der Waals surface area contributed by atoms with E-state index in [0.717, 1.165) is 14.2 Å². The van der Waals surface area contributed by atoms with Gasteiger partial charge in [0.15, 0.2) is 0 Å². The molecule has 0 nitrogen and oxygen atoms in total. The molecule has 0 N–H and O–H groups in total. The molecule has 0 spiro atoms. The summed E-state index contributed by atoms with van der Waals surface area (Å²) in [6.07, 6.45) is 2.23. The molecule has 56 valence electrons. The maximum Gasteiger partial charge on any atom is 0.00265 e. The highest BCUT2D eigenvalue weighted by atomic mass is 31.1. The SMILES string of the molecule is CC1PC=Cc2ccccc21. The van der Waals surface area contributed by atoms with Crippen molar-refractivity contribution in [1.29, 1.82) is 0 Å². The third-order valence-corrected chi connectivity index (χ3v) is 3.24. The van der Waals surface area contributed by atoms with Crippen LogP contribution in [-0.4, -0.2) is 0 Å². The van der Waals surface area contributed by atoms with E-state index >= 15 is 0 Å². The van der Waals surface area contributed by atoms with Crippen LogP contribution in [0.25, 0.3) is 6.08 Å². The highest BCUT2D eigenvalue weighted by Gasteiger charge is 2.09. The van der Waals surface area contributed by atoms with Gasteiger partial charge in [-0.2, -0.15) is 0 Å². The van der Waals surface area contributed by atoms with E-state index in [1.165, 1.54) is 11.1 Å². The molecule has 0 saturated heterocycles. The molecule has 0 aliphatic carbocycles. The number of benzene rings is 1. The van der Waals surface area contributed by atoms with E-state index in [1.807, 2.05) is 0 Å². The third kappa shape index (κ3) is 1.23. The number of hydrogen-bond donors (Lipinski definition) is 0. The molecule has 1 heterocycles. The molecule has 2 unspecified atom stereocenters. The lowest BCUT2D eigenvalue weighted by molar-refractivity contribution is 1.09. The highest BCUT2D eigenvalue weighted by molar-refractivity contribution is 7.42. The van der Waals surface area contributed by atoms with Gasteiger partial charge in [0.25, 0.3) is 0 Å². The van der Waals surface area contributed by atoms with Gasteiger partial charge in [0.05, 0.1) is 0 Å². The summed E-state index contributed by atoms with van der Waals surface area (Å²) in [6, 6.07) is 8.64. The Morgan fingerprint density at radius 2 is 2.09 bits per heavy atom. The Morgan fingerprint density at radius 1 is 1.27 bits per heavy atom. The molecular weight excluding hydrogens is 151 g/mol. The average Bonchev–Trinajstić information content (AvgIpc) is 2.06. The van der Waals surface area contributed by atoms with Gasteiger partial charge >= 0.3 is 0 Å². The van der Waals surface area contributed by atoms with E-state index in [-0.39, 0.29) is 0 Å². The fourth-order valence-electron chi connectivity index (χ4n) is 1.43. The van der Waals surface area contributed by atoms with E-state index < -0.39 is 0 Å². The first kappa shape index (κ1) is 7.06. The van der Waals surface area contributed by atoms with Crippen LogP contribution in [0.4, 0.5) is 0 Å². The first-order chi connectivity index (χ1) is 5.38. The summed E-state index contributed by atoms with van der Waals surface area (Å²) in [5, 5.41) is 0. The van der Waals surface area contributed by atoms with Crippen molar-refractivity contribution in [2.45, 2.75) is 12.6 Å². The van der Waals surface area contributed by atoms with Gasteiger partial charge in [0.1, 0.15) is 0 Å². The van der Waals surface area contributed by atoms with Crippen LogP contribution in [0.15, 0.2) is 30.1 Å². The maximum atomic E-state index is 2.29. The summed E-state index contributed by atoms with van der Waals surface area (Å²) in [5.41, 5.74) is 3.64. The number of fused-ring (bicyclic) bond motifs is 1. The largest absolute Gasteiger partial charge is 0.0909 e. The average molecular weight is 162 g/mol. The van der Waals surface area contributed by atoms with Crippen LogP contribution in [-0.2, 0) is 0 Å². The molecule has 2 rings (SSSR count). The first-order valence-corrected chi connectivity index (χ1v) is 5.05. The number of rotatable bonds is 0. The summed E-state index contributed by atoms with van der Waals surface area (Å²) >= 11 is 0. The molecule has 0 amide bonds. The molecule has 0 aromatic heterocycles. The monoisotopic (exact) mass is 162 g/mol. The van der Waals surface area contributed by atoms with Crippen LogP contribution in [0, 0.1) is 0 Å². The Kier molecular flexibility index (Phi) is 1.79. The zero-order valence-electron chi connectivity index (χ0n) is 6.54. The fourth-order valence-corrected chi connectivity index (χ4v) is 2.44. The zero-order valence-corrected chi connectivity index (χ0v) is 7.54. The highest BCUT2D eigenvalue weighted by Crippen LogP contribution is 2.41. The minimum absolute atomic E-state index is 0.733. The lowest BCUT2D eigenvalue weighted by Crippen LogP contribution is -1.92. The lowest BCUT2D eigenvalue weighted by Gasteiger charge is -2.16. The molecule has 11 heavy (non-hydrogen) atoms. The topological polar surface area (TPSA) is 0 Å². The molecule has 2 atom stereocenters. The lowest BCUT2D eigenvalue weighted by atomic mass is 10.1. The van der Waals surface area contributed by atoms with Gasteiger partial charge < -0.3 is 0 Å². The predicted molar refractivity (Wildman–Crippen MR) is 52.2 cm³/mol. The molecule has 1 aromatic carbocycles. The molecule has 0 bridgehead atoms. The minimum atomic E-state index is 0.733. The Labute approximate surface area is 69.1 Å². The Bertz CT molecular complexity index is 289. The molecule has 1 heteroatoms. The van der Waals surface area contributed by atoms with Crippen LogP contribution in [0.1, 0.15) is 23.7 Å². The predicted octanol–water partition coefficient (Wildman–Crippen LogP) is 3.41. The second kappa shape index (κ2) is 2.79. The van der Waals surface area contributed by atoms with Gasteiger partial charge in [0, 0.05) is 5.66 Å². The quantitative estimate of drug-likeness (QED) is 0.513. The molecule has 1 aliphatic rings. The zero-order chi connectivity index (χ0) is 7.68. The molecule has 1 aliphatic heterocycles. The number of hydrogen-bond acceptors (Lipinski definition) is 0. The molecule has 0 fully saturated rings. The van der Waals surface area contributed by atoms with Gasteiger partial charge in [-0.05, 0) is 11.1 Å². The molecule has 1 aromatic rings. The Balaban J connectivity index is 2.54. The Hall–Kier alpha value is -0.610. The van der Waals surface area contributed by atoms with Crippen LogP contribution >= 0.6 is 8.58 Å². The van der Waals surface area contributed by atoms with E-state index in [4.69, 9.17) is 0 Å². The third-order valence-electron chi connectivity index (χ3n) is 2.07. The van der Waals surface area contributed by atoms with Crippen LogP contribution in [0.5, 0.6) is 0 Å². The van der Waals surface area contributed by atoms with E-state index in [2.05, 4.69) is 43.1 Å². The maximum absolute atomic E-state index is 2.29. The van der Waals surface area contributed by atoms with Crippen molar-refractivity contribution in [2.24, 2.45) is 0 Å². The fraction of sp³-hybridized carbons (Fsp3) is 0.200. The van der Waals surface area contributed by atoms with Crippen LogP contribution < -0.4 is 0 Å². The van der Waals surface area contributed by atoms with Gasteiger partial charge in [-0.3, -0.25) is 0 Å². The summed E-state index contributed by atoms with van der Waals surface area (Å²) < 4.78 is 0. The van der Waals surface area contributed by atoms with E-state index in [1.54, 1.807) is 0 Å². The van der Waals surface area contributed by atoms with E-state index in [9.17, 15) is 0 Å².